The second-order valence-corrected chi connectivity index (χ2v) is 17.3. The van der Waals surface area contributed by atoms with Gasteiger partial charge in [0.15, 0.2) is 11.4 Å². The molecule has 0 radical (unpaired) electrons. The highest BCUT2D eigenvalue weighted by Crippen LogP contribution is 2.48. The number of rotatable bonds is 6. The summed E-state index contributed by atoms with van der Waals surface area (Å²) in [6.45, 7) is 17.0. The third-order valence-corrected chi connectivity index (χ3v) is 11.8. The maximum Gasteiger partial charge on any atom is 0.358 e. The Balaban J connectivity index is 1.56. The van der Waals surface area contributed by atoms with Crippen molar-refractivity contribution >= 4 is 46.8 Å². The Morgan fingerprint density at radius 2 is 1.15 bits per heavy atom. The van der Waals surface area contributed by atoms with Gasteiger partial charge in [-0.1, -0.05) is 127 Å². The average Bonchev–Trinajstić information content (AvgIpc) is 3.49. The molecule has 1 aliphatic carbocycles. The van der Waals surface area contributed by atoms with E-state index in [1.165, 1.54) is 22.7 Å². The minimum atomic E-state index is -0.387. The Morgan fingerprint density at radius 1 is 0.679 bits per heavy atom. The van der Waals surface area contributed by atoms with Gasteiger partial charge in [0, 0.05) is 34.4 Å². The predicted molar refractivity (Wildman–Crippen MR) is 223 cm³/mol. The first-order chi connectivity index (χ1) is 25.3. The van der Waals surface area contributed by atoms with Crippen molar-refractivity contribution < 1.29 is 19.1 Å². The van der Waals surface area contributed by atoms with E-state index in [1.54, 1.807) is 10.8 Å². The molecule has 3 heterocycles. The molecular formula is C45H58N2O4S2. The summed E-state index contributed by atoms with van der Waals surface area (Å²) >= 11 is 2.87. The molecule has 284 valence electrons. The molecule has 0 spiro atoms. The van der Waals surface area contributed by atoms with Gasteiger partial charge in [0.05, 0.1) is 0 Å². The largest absolute Gasteiger partial charge is 0.457 e. The van der Waals surface area contributed by atoms with Crippen molar-refractivity contribution in [3.05, 3.63) is 117 Å². The van der Waals surface area contributed by atoms with Crippen LogP contribution in [0.2, 0.25) is 0 Å². The third kappa shape index (κ3) is 12.9. The molecule has 1 aliphatic heterocycles. The lowest BCUT2D eigenvalue weighted by atomic mass is 9.81. The van der Waals surface area contributed by atoms with Gasteiger partial charge in [0.1, 0.15) is 22.2 Å². The minimum Gasteiger partial charge on any atom is -0.457 e. The maximum absolute atomic E-state index is 13.3. The zero-order valence-electron chi connectivity index (χ0n) is 32.7. The molecule has 0 amide bonds. The van der Waals surface area contributed by atoms with Crippen molar-refractivity contribution in [3.8, 4) is 0 Å². The number of fused-ring (bicyclic) bond motifs is 5. The van der Waals surface area contributed by atoms with Crippen molar-refractivity contribution in [2.75, 3.05) is 0 Å². The zero-order valence-corrected chi connectivity index (χ0v) is 34.4. The summed E-state index contributed by atoms with van der Waals surface area (Å²) in [4.78, 5) is 35.8. The van der Waals surface area contributed by atoms with E-state index in [0.717, 1.165) is 29.3 Å². The Morgan fingerprint density at radius 3 is 1.68 bits per heavy atom. The minimum absolute atomic E-state index is 0.253. The van der Waals surface area contributed by atoms with Gasteiger partial charge in [0.2, 0.25) is 0 Å². The molecule has 8 heteroatoms. The maximum atomic E-state index is 13.3. The first kappa shape index (κ1) is 41.9. The second-order valence-electron chi connectivity index (χ2n) is 15.5. The molecule has 2 aromatic heterocycles. The summed E-state index contributed by atoms with van der Waals surface area (Å²) in [5, 5.41) is 5.08. The summed E-state index contributed by atoms with van der Waals surface area (Å²) in [6, 6.07) is 0. The molecular weight excluding hydrogens is 697 g/mol. The highest BCUT2D eigenvalue weighted by molar-refractivity contribution is 7.11. The van der Waals surface area contributed by atoms with Crippen LogP contribution in [0, 0.1) is 34.5 Å². The molecule has 2 aromatic rings. The summed E-state index contributed by atoms with van der Waals surface area (Å²) in [5.41, 5.74) is 0.174. The number of hydrogen-bond acceptors (Lipinski definition) is 8. The van der Waals surface area contributed by atoms with Crippen LogP contribution in [0.4, 0.5) is 0 Å². The lowest BCUT2D eigenvalue weighted by Crippen LogP contribution is -2.33. The molecule has 0 aromatic carbocycles. The van der Waals surface area contributed by atoms with Crippen LogP contribution in [0.1, 0.15) is 118 Å². The fourth-order valence-electron chi connectivity index (χ4n) is 6.28. The monoisotopic (exact) mass is 754 g/mol. The highest BCUT2D eigenvalue weighted by Gasteiger charge is 2.42. The Kier molecular flexibility index (Phi) is 15.8. The summed E-state index contributed by atoms with van der Waals surface area (Å²) in [5.74, 6) is 0.927. The molecule has 2 aliphatic rings. The van der Waals surface area contributed by atoms with E-state index in [9.17, 15) is 9.59 Å². The molecule has 1 fully saturated rings. The van der Waals surface area contributed by atoms with Crippen LogP contribution in [0.15, 0.2) is 95.8 Å². The zero-order chi connectivity index (χ0) is 38.4. The van der Waals surface area contributed by atoms with Crippen LogP contribution in [0.5, 0.6) is 0 Å². The number of carbonyl (C=O) groups is 2. The Bertz CT molecular complexity index is 1750. The van der Waals surface area contributed by atoms with E-state index >= 15 is 0 Å². The Hall–Kier alpha value is -3.88. The summed E-state index contributed by atoms with van der Waals surface area (Å²) < 4.78 is 12.3. The van der Waals surface area contributed by atoms with E-state index in [-0.39, 0.29) is 35.0 Å². The number of thiazole rings is 2. The number of ether oxygens (including phenoxy) is 2. The molecule has 4 rings (SSSR count). The fourth-order valence-corrected chi connectivity index (χ4v) is 7.66. The number of nitrogens with zero attached hydrogens (tertiary/aromatic N) is 2. The van der Waals surface area contributed by atoms with Gasteiger partial charge in [-0.2, -0.15) is 0 Å². The lowest BCUT2D eigenvalue weighted by Gasteiger charge is -2.32. The van der Waals surface area contributed by atoms with Crippen LogP contribution in [-0.4, -0.2) is 34.1 Å². The third-order valence-electron chi connectivity index (χ3n) is 10.2. The molecule has 4 bridgehead atoms. The van der Waals surface area contributed by atoms with E-state index in [0.29, 0.717) is 47.9 Å². The standard InChI is InChI=1S/C45H58N2O4S2/c1-9-11-28-44(5,6)38-24-16-13-20-32(3)21-14-17-26-40-46-37(31-52-40)43(49)51-39(45(7,8)29-12-10-2)25-19-23-35-33(4)34(35)22-15-18-27-41-47-36(30-53-41)42(48)50-38/h9-19,21-23,26-27,30-35,38-39H,20,24-25,28-29H2,1-8H3/b11-9+,12-10+,16-13-,21-14+,22-15+,23-19-,26-17-,27-18-/t32-,33?,34?,35?,38+,39+/m1/s1. The number of esters is 2. The lowest BCUT2D eigenvalue weighted by molar-refractivity contribution is -0.00680. The van der Waals surface area contributed by atoms with E-state index < -0.39 is 0 Å². The quantitative estimate of drug-likeness (QED) is 0.216. The Labute approximate surface area is 325 Å². The SMILES string of the molecule is C/C=C/CC(C)(C)[C@@H]1C/C=C\C[C@@H](C)/C=C/C=C\c2nc(cs2)C(=O)O[C@H](C(C)(C)C/C=C/C)C/C=C\C2C(C)C2/C=C/C=C\c2nc(cs2)C(=O)O1. The summed E-state index contributed by atoms with van der Waals surface area (Å²) in [7, 11) is 0. The van der Waals surface area contributed by atoms with E-state index in [2.05, 4.69) is 106 Å². The van der Waals surface area contributed by atoms with Gasteiger partial charge in [-0.05, 0) is 68.9 Å². The number of aromatic nitrogens is 2. The predicted octanol–water partition coefficient (Wildman–Crippen LogP) is 12.3. The first-order valence-corrected chi connectivity index (χ1v) is 20.7. The van der Waals surface area contributed by atoms with E-state index in [4.69, 9.17) is 9.47 Å². The molecule has 53 heavy (non-hydrogen) atoms. The van der Waals surface area contributed by atoms with Crippen molar-refractivity contribution in [1.82, 2.24) is 9.97 Å². The number of allylic oxidation sites excluding steroid dienone is 12. The van der Waals surface area contributed by atoms with Crippen LogP contribution in [0.25, 0.3) is 12.2 Å². The topological polar surface area (TPSA) is 78.4 Å². The van der Waals surface area contributed by atoms with Gasteiger partial charge in [0.25, 0.3) is 0 Å². The van der Waals surface area contributed by atoms with Crippen molar-refractivity contribution in [1.29, 1.82) is 0 Å². The van der Waals surface area contributed by atoms with Gasteiger partial charge >= 0.3 is 11.9 Å². The molecule has 3 unspecified atom stereocenters. The molecule has 0 saturated heterocycles. The highest BCUT2D eigenvalue weighted by atomic mass is 32.1. The smallest absolute Gasteiger partial charge is 0.358 e. The molecule has 0 N–H and O–H groups in total. The summed E-state index contributed by atoms with van der Waals surface area (Å²) in [6.07, 6.45) is 36.5. The van der Waals surface area contributed by atoms with Crippen LogP contribution in [-0.2, 0) is 9.47 Å². The number of carbonyl (C=O) groups excluding carboxylic acids is 2. The van der Waals surface area contributed by atoms with Crippen LogP contribution < -0.4 is 0 Å². The van der Waals surface area contributed by atoms with Crippen molar-refractivity contribution in [2.45, 2.75) is 99.7 Å². The first-order valence-electron chi connectivity index (χ1n) is 18.9. The molecule has 6 atom stereocenters. The van der Waals surface area contributed by atoms with Crippen molar-refractivity contribution in [2.24, 2.45) is 34.5 Å². The van der Waals surface area contributed by atoms with Gasteiger partial charge < -0.3 is 9.47 Å². The van der Waals surface area contributed by atoms with Crippen LogP contribution >= 0.6 is 22.7 Å². The normalized spacial score (nSPS) is 29.1. The number of cyclic esters (lactones) is 2. The van der Waals surface area contributed by atoms with Gasteiger partial charge in [-0.3, -0.25) is 0 Å². The van der Waals surface area contributed by atoms with Gasteiger partial charge in [-0.15, -0.1) is 22.7 Å². The van der Waals surface area contributed by atoms with Crippen molar-refractivity contribution in [3.63, 3.8) is 0 Å². The fraction of sp³-hybridized carbons (Fsp3) is 0.467. The average molecular weight is 755 g/mol. The van der Waals surface area contributed by atoms with Gasteiger partial charge in [-0.25, -0.2) is 19.6 Å². The van der Waals surface area contributed by atoms with Crippen LogP contribution in [0.3, 0.4) is 0 Å². The van der Waals surface area contributed by atoms with E-state index in [1.807, 2.05) is 56.4 Å². The second kappa shape index (κ2) is 20.0. The number of hydrogen-bond donors (Lipinski definition) is 0. The molecule has 1 saturated carbocycles. The molecule has 6 nitrogen and oxygen atoms in total.